The second kappa shape index (κ2) is 41.0. The van der Waals surface area contributed by atoms with E-state index in [1.807, 2.05) is 38.1 Å². The predicted octanol–water partition coefficient (Wildman–Crippen LogP) is 11.4. The third-order valence-electron chi connectivity index (χ3n) is 17.9. The number of hydroxylamine groups is 4. The molecule has 4 N–H and O–H groups in total. The normalized spacial score (nSPS) is 14.3. The minimum Gasteiger partial charge on any atom is -0.494 e. The Morgan fingerprint density at radius 3 is 1.26 bits per heavy atom. The maximum absolute atomic E-state index is 14.0. The summed E-state index contributed by atoms with van der Waals surface area (Å²) in [6.45, 7) is 22.0. The van der Waals surface area contributed by atoms with E-state index in [1.165, 1.54) is 36.4 Å². The van der Waals surface area contributed by atoms with Gasteiger partial charge in [-0.25, -0.2) is 18.6 Å². The number of morpholine rings is 2. The van der Waals surface area contributed by atoms with Crippen LogP contribution in [-0.2, 0) is 56.0 Å². The third-order valence-corrected chi connectivity index (χ3v) is 18.7. The van der Waals surface area contributed by atoms with Crippen molar-refractivity contribution in [3.8, 4) is 45.6 Å². The fraction of sp³-hybridized carbons (Fsp3) is 0.474. The summed E-state index contributed by atoms with van der Waals surface area (Å²) in [6, 6.07) is 24.6. The highest BCUT2D eigenvalue weighted by atomic mass is 31.1. The number of hydrogen-bond acceptors (Lipinski definition) is 21. The quantitative estimate of drug-likeness (QED) is 0.00909. The predicted molar refractivity (Wildman–Crippen MR) is 385 cm³/mol. The van der Waals surface area contributed by atoms with Crippen molar-refractivity contribution in [3.05, 3.63) is 142 Å². The number of ether oxygens (including phenoxy) is 4. The molecule has 2 aliphatic rings. The lowest BCUT2D eigenvalue weighted by molar-refractivity contribution is -0.171. The molecule has 2 saturated heterocycles. The van der Waals surface area contributed by atoms with Gasteiger partial charge in [0.1, 0.15) is 23.0 Å². The van der Waals surface area contributed by atoms with Crippen molar-refractivity contribution >= 4 is 56.6 Å². The Hall–Kier alpha value is -9.66. The zero-order valence-corrected chi connectivity index (χ0v) is 61.6. The highest BCUT2D eigenvalue weighted by Crippen LogP contribution is 2.40. The summed E-state index contributed by atoms with van der Waals surface area (Å²) in [5.74, 6) is -4.41. The summed E-state index contributed by atoms with van der Waals surface area (Å²) < 4.78 is 60.0. The lowest BCUT2D eigenvalue weighted by Crippen LogP contribution is -2.49. The van der Waals surface area contributed by atoms with E-state index in [1.54, 1.807) is 77.9 Å². The van der Waals surface area contributed by atoms with Gasteiger partial charge in [-0.2, -0.15) is 10.1 Å². The van der Waals surface area contributed by atoms with Gasteiger partial charge >= 0.3 is 20.2 Å². The van der Waals surface area contributed by atoms with Crippen LogP contribution < -0.4 is 39.8 Å². The molecule has 0 saturated carbocycles. The molecule has 0 spiro atoms. The van der Waals surface area contributed by atoms with Crippen molar-refractivity contribution in [2.24, 2.45) is 11.8 Å². The Morgan fingerprint density at radius 1 is 0.510 bits per heavy atom. The van der Waals surface area contributed by atoms with Crippen molar-refractivity contribution in [2.45, 2.75) is 145 Å². The minimum absolute atomic E-state index is 0.0513. The second-order valence-electron chi connectivity index (χ2n) is 25.4. The van der Waals surface area contributed by atoms with Gasteiger partial charge in [0.25, 0.3) is 11.8 Å². The van der Waals surface area contributed by atoms with Gasteiger partial charge in [0, 0.05) is 67.1 Å². The molecule has 8 rings (SSSR count). The number of amides is 6. The first-order chi connectivity index (χ1) is 50.4. The molecule has 4 atom stereocenters. The average Bonchev–Trinajstić information content (AvgIpc) is 1.17. The molecule has 6 amide bonds. The Kier molecular flexibility index (Phi) is 31.5. The minimum atomic E-state index is -2.96. The van der Waals surface area contributed by atoms with Crippen LogP contribution >= 0.6 is 8.25 Å². The number of carbonyl (C=O) groups excluding carboxylic acids is 8. The zero-order chi connectivity index (χ0) is 74.5. The van der Waals surface area contributed by atoms with E-state index in [0.29, 0.717) is 112 Å². The van der Waals surface area contributed by atoms with E-state index in [9.17, 15) is 42.9 Å². The molecule has 2 fully saturated rings. The Balaban J connectivity index is 0.854. The molecule has 2 aliphatic heterocycles. The zero-order valence-electron chi connectivity index (χ0n) is 60.7. The number of aryl methyl sites for hydroxylation is 2. The number of rotatable bonds is 42. The topological polar surface area (TPSA) is 315 Å². The second-order valence-corrected chi connectivity index (χ2v) is 26.2. The van der Waals surface area contributed by atoms with Crippen molar-refractivity contribution < 1.29 is 89.4 Å². The standard InChI is InChI=1S/C76H97N8O19P/c1-9-15-17-19-63(65(11-3)83(49-85)100-75(91)61-23-21-53(37-51(61)7)45-81-29-33-94-34-30-81)71(87)77-47-79-73(89)69-27-25-67(98-69)55-39-57(96-13-5)43-59(41-55)102-104(93)103-60-42-56(40-58(44-60)97-14-6)68-26-28-70(99-68)74(90)80-48-78-72(88)64(20-18-16-10-2)66(12-4)84(50-86)101-76(92)62-24-22-54(38-52(62)8)46-82-31-35-95-36-32-82/h21-28,37-44,49-50,63-66H,9-20,29-36,45-48H2,1-8H3,(H3-,77,78,79,80,87,88,89,90)/p+1/t63-,64-,65-,66-/m1/s1. The number of nitrogens with zero attached hydrogens (tertiary/aromatic N) is 4. The van der Waals surface area contributed by atoms with Crippen LogP contribution in [0.1, 0.15) is 170 Å². The first kappa shape index (κ1) is 80.0. The summed E-state index contributed by atoms with van der Waals surface area (Å²) in [7, 11) is -2.96. The lowest BCUT2D eigenvalue weighted by Gasteiger charge is -2.32. The van der Waals surface area contributed by atoms with Crippen LogP contribution in [0.15, 0.2) is 106 Å². The van der Waals surface area contributed by atoms with E-state index in [4.69, 9.17) is 46.5 Å². The van der Waals surface area contributed by atoms with Crippen LogP contribution in [0.3, 0.4) is 0 Å². The van der Waals surface area contributed by atoms with E-state index < -0.39 is 67.7 Å². The van der Waals surface area contributed by atoms with Crippen LogP contribution in [0.4, 0.5) is 0 Å². The van der Waals surface area contributed by atoms with Gasteiger partial charge in [-0.1, -0.05) is 90.5 Å². The smallest absolute Gasteiger partial charge is 0.494 e. The van der Waals surface area contributed by atoms with Gasteiger partial charge < -0.3 is 58.7 Å². The molecular weight excluding hydrogens is 1360 g/mol. The average molecular weight is 1460 g/mol. The molecule has 0 bridgehead atoms. The summed E-state index contributed by atoms with van der Waals surface area (Å²) in [5.41, 5.74) is 4.75. The van der Waals surface area contributed by atoms with E-state index in [-0.39, 0.29) is 85.1 Å². The molecule has 4 aromatic carbocycles. The molecule has 560 valence electrons. The molecule has 0 unspecified atom stereocenters. The number of nitrogens with one attached hydrogen (secondary N) is 4. The highest BCUT2D eigenvalue weighted by Gasteiger charge is 2.36. The fourth-order valence-electron chi connectivity index (χ4n) is 12.6. The van der Waals surface area contributed by atoms with Gasteiger partial charge in [-0.3, -0.25) is 38.6 Å². The number of furan rings is 2. The molecule has 27 nitrogen and oxygen atoms in total. The van der Waals surface area contributed by atoms with Crippen molar-refractivity contribution in [2.75, 3.05) is 79.2 Å². The summed E-state index contributed by atoms with van der Waals surface area (Å²) in [5, 5.41) is 12.7. The molecule has 104 heavy (non-hydrogen) atoms. The van der Waals surface area contributed by atoms with Gasteiger partial charge in [0.15, 0.2) is 23.0 Å². The summed E-state index contributed by atoms with van der Waals surface area (Å²) in [6.07, 6.45) is 6.79. The Labute approximate surface area is 608 Å². The van der Waals surface area contributed by atoms with Gasteiger partial charge in [0.05, 0.1) is 88.0 Å². The van der Waals surface area contributed by atoms with Crippen LogP contribution in [0, 0.1) is 25.7 Å². The monoisotopic (exact) mass is 1460 g/mol. The number of hydrogen-bond donors (Lipinski definition) is 4. The molecule has 2 aromatic heterocycles. The highest BCUT2D eigenvalue weighted by molar-refractivity contribution is 7.34. The molecule has 0 aliphatic carbocycles. The molecule has 28 heteroatoms. The van der Waals surface area contributed by atoms with E-state index in [0.717, 1.165) is 73.1 Å². The maximum Gasteiger partial charge on any atom is 0.805 e. The molecule has 4 heterocycles. The summed E-state index contributed by atoms with van der Waals surface area (Å²) in [4.78, 5) is 124. The first-order valence-electron chi connectivity index (χ1n) is 35.8. The first-order valence-corrected chi connectivity index (χ1v) is 36.9. The lowest BCUT2D eigenvalue weighted by atomic mass is 9.90. The van der Waals surface area contributed by atoms with E-state index >= 15 is 0 Å². The van der Waals surface area contributed by atoms with Crippen molar-refractivity contribution in [1.82, 2.24) is 41.2 Å². The molecule has 6 aromatic rings. The largest absolute Gasteiger partial charge is 0.805 e. The molecular formula is C76H98N8O19P+. The van der Waals surface area contributed by atoms with Crippen LogP contribution in [0.25, 0.3) is 22.6 Å². The van der Waals surface area contributed by atoms with Crippen molar-refractivity contribution in [3.63, 3.8) is 0 Å². The SMILES string of the molecule is CCCCC[C@@H](C(=O)NCNC(=O)c1ccc(-c2cc(OCC)cc(O[P+](=O)Oc3cc(OCC)cc(-c4ccc(C(=O)NCNC(=O)[C@H](CCCCC)[C@@H](CC)N(C=O)OC(=O)c5ccc(CN6CCOCC6)cc5C)o4)c3)c2)o1)[C@@H](CC)N(C=O)OC(=O)c1ccc(CN2CCOCC2)cc1C. The van der Waals surface area contributed by atoms with Gasteiger partial charge in [-0.05, 0) is 136 Å². The molecule has 0 radical (unpaired) electrons. The number of carbonyl (C=O) groups is 8. The Bertz CT molecular complexity index is 3620. The number of benzene rings is 4. The van der Waals surface area contributed by atoms with Gasteiger partial charge in [0.2, 0.25) is 24.6 Å². The fourth-order valence-corrected chi connectivity index (χ4v) is 13.2. The number of unbranched alkanes of at least 4 members (excludes halogenated alkanes) is 4. The van der Waals surface area contributed by atoms with Crippen LogP contribution in [-0.4, -0.2) is 160 Å². The van der Waals surface area contributed by atoms with Crippen LogP contribution in [0.5, 0.6) is 23.0 Å². The van der Waals surface area contributed by atoms with E-state index in [2.05, 4.69) is 31.1 Å². The van der Waals surface area contributed by atoms with Crippen molar-refractivity contribution in [1.29, 1.82) is 0 Å². The Morgan fingerprint density at radius 2 is 0.904 bits per heavy atom. The third kappa shape index (κ3) is 23.2. The maximum atomic E-state index is 14.0. The van der Waals surface area contributed by atoms with Crippen LogP contribution in [0.2, 0.25) is 0 Å². The summed E-state index contributed by atoms with van der Waals surface area (Å²) >= 11 is 0. The van der Waals surface area contributed by atoms with Gasteiger partial charge in [-0.15, -0.1) is 0 Å².